The Kier molecular flexibility index (Phi) is 2.99. The normalized spacial score (nSPS) is 26.0. The van der Waals surface area contributed by atoms with Crippen LogP contribution >= 0.6 is 22.6 Å². The van der Waals surface area contributed by atoms with E-state index in [0.717, 1.165) is 3.57 Å². The molecule has 0 bridgehead atoms. The number of hydrogen-bond donors (Lipinski definition) is 0. The van der Waals surface area contributed by atoms with Crippen molar-refractivity contribution in [3.63, 3.8) is 0 Å². The van der Waals surface area contributed by atoms with Gasteiger partial charge in [-0.15, -0.1) is 0 Å². The molecular formula is C13H20IN3O2. The molecule has 5 nitrogen and oxygen atoms in total. The fraction of sp³-hybridized carbons (Fsp3) is 0.692. The number of amides is 1. The Morgan fingerprint density at radius 3 is 2.63 bits per heavy atom. The molecule has 1 aromatic rings. The minimum Gasteiger partial charge on any atom is -0.444 e. The molecule has 0 radical (unpaired) electrons. The molecule has 0 aliphatic carbocycles. The maximum absolute atomic E-state index is 12.3. The topological polar surface area (TPSA) is 47.4 Å². The SMILES string of the molecule is [2H]C1([2H])CC(n2cc(I)cn2)CC([2H])([2H])N1C(=O)OC(C)(C)C. The zero-order valence-corrected chi connectivity index (χ0v) is 13.3. The molecule has 19 heavy (non-hydrogen) atoms. The third-order valence-corrected chi connectivity index (χ3v) is 3.05. The second-order valence-corrected chi connectivity index (χ2v) is 6.58. The summed E-state index contributed by atoms with van der Waals surface area (Å²) in [6.07, 6.45) is 2.28. The first-order valence-electron chi connectivity index (χ1n) is 8.05. The standard InChI is InChI=1S/C13H20IN3O2/c1-13(2,3)19-12(18)16-6-4-11(5-7-16)17-9-10(14)8-15-17/h8-9,11H,4-7H2,1-3H3/i6D2,7D2. The van der Waals surface area contributed by atoms with E-state index in [9.17, 15) is 4.79 Å². The van der Waals surface area contributed by atoms with Gasteiger partial charge in [0.15, 0.2) is 0 Å². The van der Waals surface area contributed by atoms with E-state index in [4.69, 9.17) is 10.2 Å². The van der Waals surface area contributed by atoms with E-state index in [0.29, 0.717) is 4.90 Å². The van der Waals surface area contributed by atoms with Gasteiger partial charge < -0.3 is 9.64 Å². The van der Waals surface area contributed by atoms with E-state index in [-0.39, 0.29) is 12.8 Å². The van der Waals surface area contributed by atoms with Crippen LogP contribution in [0.25, 0.3) is 0 Å². The summed E-state index contributed by atoms with van der Waals surface area (Å²) in [4.78, 5) is 12.9. The summed E-state index contributed by atoms with van der Waals surface area (Å²) in [5.74, 6) is 0. The molecule has 0 spiro atoms. The van der Waals surface area contributed by atoms with Crippen molar-refractivity contribution in [2.24, 2.45) is 0 Å². The van der Waals surface area contributed by atoms with Crippen LogP contribution in [0.5, 0.6) is 0 Å². The van der Waals surface area contributed by atoms with Gasteiger partial charge in [-0.25, -0.2) is 4.79 Å². The lowest BCUT2D eigenvalue weighted by Gasteiger charge is -2.33. The van der Waals surface area contributed by atoms with Gasteiger partial charge in [-0.3, -0.25) is 4.68 Å². The van der Waals surface area contributed by atoms with Crippen LogP contribution in [-0.2, 0) is 4.74 Å². The number of piperidine rings is 1. The largest absolute Gasteiger partial charge is 0.444 e. The molecule has 1 amide bonds. The molecule has 0 unspecified atom stereocenters. The van der Waals surface area contributed by atoms with Gasteiger partial charge in [-0.05, 0) is 56.2 Å². The van der Waals surface area contributed by atoms with Crippen molar-refractivity contribution in [3.8, 4) is 0 Å². The Labute approximate surface area is 133 Å². The van der Waals surface area contributed by atoms with Crippen LogP contribution in [0.4, 0.5) is 4.79 Å². The Hall–Kier alpha value is -0.790. The molecule has 106 valence electrons. The fourth-order valence-corrected chi connectivity index (χ4v) is 2.07. The van der Waals surface area contributed by atoms with Crippen molar-refractivity contribution < 1.29 is 15.0 Å². The average Bonchev–Trinajstić information content (AvgIpc) is 2.69. The molecule has 1 aliphatic heterocycles. The lowest BCUT2D eigenvalue weighted by atomic mass is 10.1. The van der Waals surface area contributed by atoms with Crippen LogP contribution < -0.4 is 0 Å². The lowest BCUT2D eigenvalue weighted by molar-refractivity contribution is 0.0185. The summed E-state index contributed by atoms with van der Waals surface area (Å²) in [6.45, 7) is 0.635. The van der Waals surface area contributed by atoms with Crippen molar-refractivity contribution >= 4 is 28.7 Å². The zero-order chi connectivity index (χ0) is 17.6. The Bertz CT molecular complexity index is 582. The van der Waals surface area contributed by atoms with Crippen LogP contribution in [-0.4, -0.2) is 39.4 Å². The molecule has 6 heteroatoms. The molecule has 2 rings (SSSR count). The average molecular weight is 381 g/mol. The predicted octanol–water partition coefficient (Wildman–Crippen LogP) is 3.06. The molecule has 1 aromatic heterocycles. The lowest BCUT2D eigenvalue weighted by Crippen LogP contribution is -2.42. The maximum atomic E-state index is 12.3. The number of ether oxygens (including phenoxy) is 1. The van der Waals surface area contributed by atoms with Crippen LogP contribution in [0.15, 0.2) is 12.4 Å². The monoisotopic (exact) mass is 381 g/mol. The number of likely N-dealkylation sites (tertiary alicyclic amines) is 1. The van der Waals surface area contributed by atoms with E-state index >= 15 is 0 Å². The summed E-state index contributed by atoms with van der Waals surface area (Å²) in [6, 6.07) is -0.470. The molecule has 1 fully saturated rings. The van der Waals surface area contributed by atoms with Crippen molar-refractivity contribution in [2.75, 3.05) is 13.0 Å². The van der Waals surface area contributed by atoms with Crippen molar-refractivity contribution in [3.05, 3.63) is 16.0 Å². The number of nitrogens with zero attached hydrogens (tertiary/aromatic N) is 3. The molecule has 0 aromatic carbocycles. The first-order chi connectivity index (χ1) is 10.3. The molecule has 1 aliphatic rings. The maximum Gasteiger partial charge on any atom is 0.410 e. The highest BCUT2D eigenvalue weighted by molar-refractivity contribution is 14.1. The van der Waals surface area contributed by atoms with Gasteiger partial charge >= 0.3 is 6.09 Å². The summed E-state index contributed by atoms with van der Waals surface area (Å²) in [5.41, 5.74) is -0.821. The van der Waals surface area contributed by atoms with E-state index in [1.165, 1.54) is 0 Å². The number of halogens is 1. The second kappa shape index (κ2) is 5.68. The molecular weight excluding hydrogens is 357 g/mol. The number of hydrogen-bond acceptors (Lipinski definition) is 3. The zero-order valence-electron chi connectivity index (χ0n) is 15.2. The third-order valence-electron chi connectivity index (χ3n) is 2.49. The van der Waals surface area contributed by atoms with E-state index < -0.39 is 30.7 Å². The molecule has 0 N–H and O–H groups in total. The van der Waals surface area contributed by atoms with E-state index in [1.54, 1.807) is 37.8 Å². The highest BCUT2D eigenvalue weighted by Crippen LogP contribution is 2.23. The Morgan fingerprint density at radius 1 is 1.53 bits per heavy atom. The number of carbonyl (C=O) groups is 1. The summed E-state index contributed by atoms with van der Waals surface area (Å²) in [7, 11) is 0. The predicted molar refractivity (Wildman–Crippen MR) is 81.0 cm³/mol. The van der Waals surface area contributed by atoms with Crippen LogP contribution in [0, 0.1) is 3.57 Å². The fourth-order valence-electron chi connectivity index (χ4n) is 1.66. The minimum absolute atomic E-state index is 0.0521. The van der Waals surface area contributed by atoms with Crippen molar-refractivity contribution in [1.82, 2.24) is 14.7 Å². The van der Waals surface area contributed by atoms with Crippen molar-refractivity contribution in [2.45, 2.75) is 45.3 Å². The molecule has 2 heterocycles. The smallest absolute Gasteiger partial charge is 0.410 e. The van der Waals surface area contributed by atoms with Crippen molar-refractivity contribution in [1.29, 1.82) is 0 Å². The first-order valence-corrected chi connectivity index (χ1v) is 7.13. The van der Waals surface area contributed by atoms with Gasteiger partial charge in [0.05, 0.1) is 15.8 Å². The Balaban J connectivity index is 2.28. The van der Waals surface area contributed by atoms with E-state index in [2.05, 4.69) is 27.7 Å². The molecule has 1 saturated heterocycles. The second-order valence-electron chi connectivity index (χ2n) is 5.33. The van der Waals surface area contributed by atoms with Crippen LogP contribution in [0.3, 0.4) is 0 Å². The van der Waals surface area contributed by atoms with Gasteiger partial charge in [0.1, 0.15) is 5.60 Å². The molecule has 0 atom stereocenters. The number of rotatable bonds is 1. The highest BCUT2D eigenvalue weighted by atomic mass is 127. The number of aromatic nitrogens is 2. The van der Waals surface area contributed by atoms with Crippen LogP contribution in [0.1, 0.15) is 45.1 Å². The summed E-state index contributed by atoms with van der Waals surface area (Å²) in [5, 5.41) is 4.14. The van der Waals surface area contributed by atoms with Gasteiger partial charge in [0, 0.05) is 24.7 Å². The highest BCUT2D eigenvalue weighted by Gasteiger charge is 2.27. The summed E-state index contributed by atoms with van der Waals surface area (Å²) < 4.78 is 40.3. The Morgan fingerprint density at radius 2 is 2.16 bits per heavy atom. The summed E-state index contributed by atoms with van der Waals surface area (Å²) >= 11 is 2.09. The van der Waals surface area contributed by atoms with Gasteiger partial charge in [-0.2, -0.15) is 5.10 Å². The molecule has 0 saturated carbocycles. The minimum atomic E-state index is -2.17. The van der Waals surface area contributed by atoms with Gasteiger partial charge in [0.25, 0.3) is 0 Å². The van der Waals surface area contributed by atoms with Crippen LogP contribution in [0.2, 0.25) is 0 Å². The quantitative estimate of drug-likeness (QED) is 0.703. The van der Waals surface area contributed by atoms with Gasteiger partial charge in [0.2, 0.25) is 0 Å². The van der Waals surface area contributed by atoms with E-state index in [1.807, 2.05) is 0 Å². The third kappa shape index (κ3) is 4.09. The van der Waals surface area contributed by atoms with Gasteiger partial charge in [-0.1, -0.05) is 0 Å². The number of carbonyl (C=O) groups excluding carboxylic acids is 1. The first kappa shape index (κ1) is 10.0.